The van der Waals surface area contributed by atoms with Gasteiger partial charge in [-0.05, 0) is 37.1 Å². The van der Waals surface area contributed by atoms with E-state index < -0.39 is 35.9 Å². The highest BCUT2D eigenvalue weighted by atomic mass is 19.4. The van der Waals surface area contributed by atoms with Crippen molar-refractivity contribution in [3.05, 3.63) is 78.2 Å². The van der Waals surface area contributed by atoms with E-state index in [4.69, 9.17) is 9.47 Å². The summed E-state index contributed by atoms with van der Waals surface area (Å²) in [5.41, 5.74) is 1.43. The smallest absolute Gasteiger partial charge is 0.362 e. The first kappa shape index (κ1) is 24.2. The third-order valence-corrected chi connectivity index (χ3v) is 6.22. The molecule has 1 aromatic heterocycles. The monoisotopic (exact) mass is 498 g/mol. The molecule has 0 radical (unpaired) electrons. The molecule has 0 unspecified atom stereocenters. The van der Waals surface area contributed by atoms with Gasteiger partial charge < -0.3 is 19.7 Å². The van der Waals surface area contributed by atoms with Crippen LogP contribution in [0, 0.1) is 0 Å². The number of ether oxygens (including phenoxy) is 2. The van der Waals surface area contributed by atoms with Gasteiger partial charge in [0.2, 0.25) is 0 Å². The van der Waals surface area contributed by atoms with Crippen LogP contribution < -0.4 is 5.32 Å². The number of hydrogen-bond donors (Lipinski definition) is 1. The second kappa shape index (κ2) is 9.18. The van der Waals surface area contributed by atoms with Gasteiger partial charge >= 0.3 is 6.18 Å². The zero-order valence-electron chi connectivity index (χ0n) is 19.7. The number of likely N-dealkylation sites (tertiary alicyclic amines) is 1. The lowest BCUT2D eigenvalue weighted by molar-refractivity contribution is -0.145. The first-order valence-electron chi connectivity index (χ1n) is 11.6. The van der Waals surface area contributed by atoms with Crippen LogP contribution in [0.1, 0.15) is 29.9 Å². The molecular formula is C26H25F3N4O3. The van der Waals surface area contributed by atoms with E-state index in [2.05, 4.69) is 15.3 Å². The van der Waals surface area contributed by atoms with Gasteiger partial charge in [-0.1, -0.05) is 42.5 Å². The van der Waals surface area contributed by atoms with Gasteiger partial charge in [-0.3, -0.25) is 9.78 Å². The van der Waals surface area contributed by atoms with E-state index in [1.807, 2.05) is 42.5 Å². The van der Waals surface area contributed by atoms with Crippen molar-refractivity contribution in [1.82, 2.24) is 14.9 Å². The van der Waals surface area contributed by atoms with Crippen molar-refractivity contribution < 1.29 is 27.4 Å². The summed E-state index contributed by atoms with van der Waals surface area (Å²) in [6.07, 6.45) is -3.68. The highest BCUT2D eigenvalue weighted by Gasteiger charge is 2.50. The molecule has 2 fully saturated rings. The van der Waals surface area contributed by atoms with Gasteiger partial charge in [-0.2, -0.15) is 13.2 Å². The van der Waals surface area contributed by atoms with Crippen LogP contribution in [0.4, 0.5) is 19.0 Å². The number of rotatable bonds is 4. The van der Waals surface area contributed by atoms with Crippen LogP contribution in [-0.4, -0.2) is 57.9 Å². The number of hydrogen-bond acceptors (Lipinski definition) is 6. The molecule has 7 nitrogen and oxygen atoms in total. The molecule has 5 rings (SSSR count). The lowest BCUT2D eigenvalue weighted by Gasteiger charge is -2.39. The third kappa shape index (κ3) is 5.05. The van der Waals surface area contributed by atoms with Crippen molar-refractivity contribution in [2.24, 2.45) is 0 Å². The van der Waals surface area contributed by atoms with Crippen molar-refractivity contribution in [3.63, 3.8) is 0 Å². The minimum atomic E-state index is -4.62. The molecule has 1 N–H and O–H groups in total. The van der Waals surface area contributed by atoms with Crippen LogP contribution in [0.5, 0.6) is 0 Å². The number of amides is 1. The summed E-state index contributed by atoms with van der Waals surface area (Å²) in [5.74, 6) is -1.16. The summed E-state index contributed by atoms with van der Waals surface area (Å²) in [6, 6.07) is 16.6. The molecule has 3 atom stereocenters. The Hall–Kier alpha value is -3.50. The predicted octanol–water partition coefficient (Wildman–Crippen LogP) is 4.62. The number of halogens is 3. The Morgan fingerprint density at radius 3 is 2.39 bits per heavy atom. The molecule has 0 bridgehead atoms. The maximum absolute atomic E-state index is 13.4. The Bertz CT molecular complexity index is 1240. The fourth-order valence-corrected chi connectivity index (χ4v) is 4.65. The first-order chi connectivity index (χ1) is 17.1. The fraction of sp³-hybridized carbons (Fsp3) is 0.346. The molecular weight excluding hydrogens is 473 g/mol. The number of aromatic nitrogens is 2. The van der Waals surface area contributed by atoms with Gasteiger partial charge in [0.25, 0.3) is 5.91 Å². The Balaban J connectivity index is 1.37. The van der Waals surface area contributed by atoms with Crippen LogP contribution in [0.25, 0.3) is 11.1 Å². The molecule has 3 aromatic rings. The summed E-state index contributed by atoms with van der Waals surface area (Å²) >= 11 is 0. The van der Waals surface area contributed by atoms with Gasteiger partial charge in [0.15, 0.2) is 11.5 Å². The van der Waals surface area contributed by atoms with E-state index in [1.54, 1.807) is 30.9 Å². The molecule has 2 aromatic carbocycles. The zero-order chi connectivity index (χ0) is 25.5. The topological polar surface area (TPSA) is 76.6 Å². The molecule has 1 amide bonds. The summed E-state index contributed by atoms with van der Waals surface area (Å²) in [4.78, 5) is 22.4. The normalized spacial score (nSPS) is 23.2. The van der Waals surface area contributed by atoms with Gasteiger partial charge in [-0.15, -0.1) is 0 Å². The van der Waals surface area contributed by atoms with Crippen molar-refractivity contribution >= 4 is 11.7 Å². The Morgan fingerprint density at radius 1 is 1.00 bits per heavy atom. The van der Waals surface area contributed by atoms with Crippen LogP contribution in [0.3, 0.4) is 0 Å². The number of nitrogens with one attached hydrogen (secondary N) is 1. The first-order valence-corrected chi connectivity index (χ1v) is 11.6. The van der Waals surface area contributed by atoms with Gasteiger partial charge in [0.1, 0.15) is 18.0 Å². The highest BCUT2D eigenvalue weighted by molar-refractivity contribution is 5.95. The Labute approximate surface area is 206 Å². The number of carbonyl (C=O) groups is 1. The van der Waals surface area contributed by atoms with Gasteiger partial charge in [-0.25, -0.2) is 4.98 Å². The van der Waals surface area contributed by atoms with Crippen molar-refractivity contribution in [1.29, 1.82) is 0 Å². The summed E-state index contributed by atoms with van der Waals surface area (Å²) in [6.45, 7) is 4.01. The number of anilines is 1. The highest BCUT2D eigenvalue weighted by Crippen LogP contribution is 2.35. The number of benzene rings is 2. The van der Waals surface area contributed by atoms with Crippen molar-refractivity contribution in [2.75, 3.05) is 18.4 Å². The van der Waals surface area contributed by atoms with Crippen LogP contribution in [0.2, 0.25) is 0 Å². The molecule has 188 valence electrons. The maximum Gasteiger partial charge on any atom is 0.434 e. The number of carbonyl (C=O) groups excluding carboxylic acids is 1. The lowest BCUT2D eigenvalue weighted by atomic mass is 9.98. The van der Waals surface area contributed by atoms with E-state index in [-0.39, 0.29) is 18.3 Å². The fourth-order valence-electron chi connectivity index (χ4n) is 4.65. The minimum Gasteiger partial charge on any atom is -0.362 e. The molecule has 0 spiro atoms. The molecule has 2 aliphatic rings. The Morgan fingerprint density at radius 2 is 1.69 bits per heavy atom. The van der Waals surface area contributed by atoms with E-state index in [0.29, 0.717) is 18.3 Å². The van der Waals surface area contributed by atoms with Crippen LogP contribution in [-0.2, 0) is 15.7 Å². The van der Waals surface area contributed by atoms with Crippen LogP contribution in [0.15, 0.2) is 67.0 Å². The zero-order valence-corrected chi connectivity index (χ0v) is 19.7. The number of alkyl halides is 3. The lowest BCUT2D eigenvalue weighted by Crippen LogP contribution is -2.58. The molecule has 2 aliphatic heterocycles. The van der Waals surface area contributed by atoms with Gasteiger partial charge in [0.05, 0.1) is 25.0 Å². The third-order valence-electron chi connectivity index (χ3n) is 6.22. The van der Waals surface area contributed by atoms with E-state index in [9.17, 15) is 18.0 Å². The summed E-state index contributed by atoms with van der Waals surface area (Å²) < 4.78 is 51.4. The standard InChI is InChI=1S/C26H25F3N4O3/c1-25(2)35-20-15-33(24(34)18-10-8-17(9-11-18)16-6-4-3-5-7-16)14-19(23(20)36-25)31-22-13-30-12-21(32-22)26(27,28)29/h3-13,19-20,23H,14-15H2,1-2H3,(H,31,32)/t19-,20-,23+/m0/s1. The average Bonchev–Trinajstić information content (AvgIpc) is 3.18. The number of fused-ring (bicyclic) bond motifs is 1. The van der Waals surface area contributed by atoms with E-state index >= 15 is 0 Å². The second-order valence-electron chi connectivity index (χ2n) is 9.33. The average molecular weight is 499 g/mol. The number of nitrogens with zero attached hydrogens (tertiary/aromatic N) is 3. The molecule has 0 saturated carbocycles. The Kier molecular flexibility index (Phi) is 6.17. The maximum atomic E-state index is 13.4. The molecule has 2 saturated heterocycles. The minimum absolute atomic E-state index is 0.0524. The summed E-state index contributed by atoms with van der Waals surface area (Å²) in [5, 5.41) is 3.00. The quantitative estimate of drug-likeness (QED) is 0.566. The van der Waals surface area contributed by atoms with Gasteiger partial charge in [0, 0.05) is 12.1 Å². The predicted molar refractivity (Wildman–Crippen MR) is 126 cm³/mol. The molecule has 10 heteroatoms. The summed E-state index contributed by atoms with van der Waals surface area (Å²) in [7, 11) is 0. The molecule has 0 aliphatic carbocycles. The van der Waals surface area contributed by atoms with Crippen LogP contribution >= 0.6 is 0 Å². The second-order valence-corrected chi connectivity index (χ2v) is 9.33. The van der Waals surface area contributed by atoms with E-state index in [0.717, 1.165) is 11.1 Å². The largest absolute Gasteiger partial charge is 0.434 e. The van der Waals surface area contributed by atoms with Crippen molar-refractivity contribution in [2.45, 2.75) is 44.1 Å². The number of piperidine rings is 1. The molecule has 3 heterocycles. The molecule has 36 heavy (non-hydrogen) atoms. The van der Waals surface area contributed by atoms with Crippen molar-refractivity contribution in [3.8, 4) is 11.1 Å². The van der Waals surface area contributed by atoms with E-state index in [1.165, 1.54) is 6.20 Å². The SMILES string of the molecule is CC1(C)O[C@@H]2[C@@H](Nc3cncc(C(F)(F)F)n3)CN(C(=O)c3ccc(-c4ccccc4)cc3)C[C@@H]2O1.